The van der Waals surface area contributed by atoms with E-state index >= 15 is 0 Å². The van der Waals surface area contributed by atoms with Crippen LogP contribution in [0.2, 0.25) is 0 Å². The minimum absolute atomic E-state index is 0.109. The standard InChI is InChI=1S/C19H16BrFN4OS/c20-14-3-7-16(8-4-14)23-18(26)12-27-19-10-9-17(24-25-19)22-11-13-1-5-15(21)6-2-13/h1-10H,11-12H2,(H,22,24)(H,23,26). The fraction of sp³-hybridized carbons (Fsp3) is 0.105. The van der Waals surface area contributed by atoms with Gasteiger partial charge in [0.2, 0.25) is 5.91 Å². The average Bonchev–Trinajstić information content (AvgIpc) is 2.68. The molecule has 0 radical (unpaired) electrons. The normalized spacial score (nSPS) is 10.4. The second-order valence-electron chi connectivity index (χ2n) is 5.58. The van der Waals surface area contributed by atoms with Crippen LogP contribution in [0.3, 0.4) is 0 Å². The quantitative estimate of drug-likeness (QED) is 0.513. The van der Waals surface area contributed by atoms with Gasteiger partial charge in [-0.3, -0.25) is 4.79 Å². The largest absolute Gasteiger partial charge is 0.365 e. The monoisotopic (exact) mass is 446 g/mol. The van der Waals surface area contributed by atoms with E-state index in [0.717, 1.165) is 15.7 Å². The number of nitrogens with zero attached hydrogens (tertiary/aromatic N) is 2. The van der Waals surface area contributed by atoms with Gasteiger partial charge in [-0.15, -0.1) is 10.2 Å². The summed E-state index contributed by atoms with van der Waals surface area (Å²) in [6, 6.07) is 17.3. The molecule has 3 rings (SSSR count). The Hall–Kier alpha value is -2.45. The number of thioether (sulfide) groups is 1. The molecule has 2 aromatic carbocycles. The van der Waals surface area contributed by atoms with Crippen molar-refractivity contribution in [3.05, 3.63) is 76.5 Å². The van der Waals surface area contributed by atoms with Crippen molar-refractivity contribution in [3.63, 3.8) is 0 Å². The van der Waals surface area contributed by atoms with Crippen molar-refractivity contribution >= 4 is 45.1 Å². The molecule has 0 fully saturated rings. The van der Waals surface area contributed by atoms with Gasteiger partial charge in [-0.1, -0.05) is 39.8 Å². The molecule has 0 aliphatic carbocycles. The molecule has 0 bridgehead atoms. The van der Waals surface area contributed by atoms with Gasteiger partial charge in [0.15, 0.2) is 0 Å². The second-order valence-corrected chi connectivity index (χ2v) is 7.49. The van der Waals surface area contributed by atoms with Crippen LogP contribution in [0.4, 0.5) is 15.9 Å². The Morgan fingerprint density at radius 3 is 2.41 bits per heavy atom. The van der Waals surface area contributed by atoms with E-state index in [2.05, 4.69) is 36.8 Å². The van der Waals surface area contributed by atoms with E-state index in [1.807, 2.05) is 24.3 Å². The smallest absolute Gasteiger partial charge is 0.234 e. The van der Waals surface area contributed by atoms with Crippen molar-refractivity contribution in [1.29, 1.82) is 0 Å². The fourth-order valence-electron chi connectivity index (χ4n) is 2.16. The molecule has 3 aromatic rings. The Labute approximate surface area is 168 Å². The highest BCUT2D eigenvalue weighted by atomic mass is 79.9. The highest BCUT2D eigenvalue weighted by molar-refractivity contribution is 9.10. The predicted molar refractivity (Wildman–Crippen MR) is 109 cm³/mol. The Kier molecular flexibility index (Phi) is 6.78. The van der Waals surface area contributed by atoms with Crippen LogP contribution in [0, 0.1) is 5.82 Å². The summed E-state index contributed by atoms with van der Waals surface area (Å²) in [6.45, 7) is 0.525. The maximum Gasteiger partial charge on any atom is 0.234 e. The summed E-state index contributed by atoms with van der Waals surface area (Å²) >= 11 is 4.67. The van der Waals surface area contributed by atoms with Crippen LogP contribution >= 0.6 is 27.7 Å². The molecule has 1 amide bonds. The second kappa shape index (κ2) is 9.48. The third-order valence-corrected chi connectivity index (χ3v) is 4.95. The lowest BCUT2D eigenvalue weighted by Gasteiger charge is -2.07. The molecule has 1 heterocycles. The number of rotatable bonds is 7. The van der Waals surface area contributed by atoms with E-state index in [1.54, 1.807) is 24.3 Å². The Morgan fingerprint density at radius 2 is 1.74 bits per heavy atom. The molecule has 138 valence electrons. The van der Waals surface area contributed by atoms with Crippen LogP contribution < -0.4 is 10.6 Å². The summed E-state index contributed by atoms with van der Waals surface area (Å²) in [5.74, 6) is 0.488. The van der Waals surface area contributed by atoms with Crippen LogP contribution in [0.1, 0.15) is 5.56 Å². The number of carbonyl (C=O) groups excluding carboxylic acids is 1. The summed E-state index contributed by atoms with van der Waals surface area (Å²) in [4.78, 5) is 12.0. The van der Waals surface area contributed by atoms with Crippen molar-refractivity contribution in [2.24, 2.45) is 0 Å². The summed E-state index contributed by atoms with van der Waals surface area (Å²) in [5, 5.41) is 14.8. The fourth-order valence-corrected chi connectivity index (χ4v) is 3.03. The maximum absolute atomic E-state index is 12.9. The molecule has 5 nitrogen and oxygen atoms in total. The zero-order chi connectivity index (χ0) is 19.1. The zero-order valence-corrected chi connectivity index (χ0v) is 16.6. The Balaban J connectivity index is 1.45. The maximum atomic E-state index is 12.9. The van der Waals surface area contributed by atoms with E-state index < -0.39 is 0 Å². The van der Waals surface area contributed by atoms with Gasteiger partial charge in [-0.2, -0.15) is 0 Å². The highest BCUT2D eigenvalue weighted by Gasteiger charge is 2.06. The van der Waals surface area contributed by atoms with Crippen LogP contribution in [0.5, 0.6) is 0 Å². The van der Waals surface area contributed by atoms with Crippen molar-refractivity contribution in [3.8, 4) is 0 Å². The molecule has 0 saturated heterocycles. The number of halogens is 2. The van der Waals surface area contributed by atoms with Crippen LogP contribution in [-0.4, -0.2) is 21.9 Å². The third-order valence-electron chi connectivity index (χ3n) is 3.51. The minimum Gasteiger partial charge on any atom is -0.365 e. The number of benzene rings is 2. The van der Waals surface area contributed by atoms with Crippen LogP contribution in [0.15, 0.2) is 70.2 Å². The molecule has 1 aromatic heterocycles. The summed E-state index contributed by atoms with van der Waals surface area (Å²) in [6.07, 6.45) is 0. The number of amides is 1. The zero-order valence-electron chi connectivity index (χ0n) is 14.2. The van der Waals surface area contributed by atoms with Crippen LogP contribution in [-0.2, 0) is 11.3 Å². The number of anilines is 2. The number of hydrogen-bond donors (Lipinski definition) is 2. The molecular weight excluding hydrogens is 431 g/mol. The first-order valence-electron chi connectivity index (χ1n) is 8.09. The van der Waals surface area contributed by atoms with Crippen molar-refractivity contribution in [1.82, 2.24) is 10.2 Å². The molecule has 0 aliphatic heterocycles. The highest BCUT2D eigenvalue weighted by Crippen LogP contribution is 2.18. The van der Waals surface area contributed by atoms with Crippen LogP contribution in [0.25, 0.3) is 0 Å². The summed E-state index contributed by atoms with van der Waals surface area (Å²) < 4.78 is 13.8. The number of hydrogen-bond acceptors (Lipinski definition) is 5. The minimum atomic E-state index is -0.260. The van der Waals surface area contributed by atoms with Gasteiger partial charge in [0, 0.05) is 16.7 Å². The third kappa shape index (κ3) is 6.33. The molecular formula is C19H16BrFN4OS. The van der Waals surface area contributed by atoms with Gasteiger partial charge in [-0.05, 0) is 54.1 Å². The Bertz CT molecular complexity index is 889. The van der Waals surface area contributed by atoms with E-state index in [9.17, 15) is 9.18 Å². The number of aromatic nitrogens is 2. The van der Waals surface area contributed by atoms with E-state index in [0.29, 0.717) is 17.4 Å². The van der Waals surface area contributed by atoms with Crippen molar-refractivity contribution in [2.75, 3.05) is 16.4 Å². The molecule has 27 heavy (non-hydrogen) atoms. The van der Waals surface area contributed by atoms with Gasteiger partial charge < -0.3 is 10.6 Å². The lowest BCUT2D eigenvalue weighted by molar-refractivity contribution is -0.113. The summed E-state index contributed by atoms with van der Waals surface area (Å²) in [5.41, 5.74) is 1.69. The lowest BCUT2D eigenvalue weighted by atomic mass is 10.2. The molecule has 0 atom stereocenters. The molecule has 8 heteroatoms. The van der Waals surface area contributed by atoms with E-state index in [1.165, 1.54) is 23.9 Å². The first-order valence-corrected chi connectivity index (χ1v) is 9.86. The molecule has 0 unspecified atom stereocenters. The Morgan fingerprint density at radius 1 is 1.00 bits per heavy atom. The summed E-state index contributed by atoms with van der Waals surface area (Å²) in [7, 11) is 0. The van der Waals surface area contributed by atoms with Gasteiger partial charge in [0.05, 0.1) is 5.75 Å². The van der Waals surface area contributed by atoms with E-state index in [4.69, 9.17) is 0 Å². The van der Waals surface area contributed by atoms with Crippen molar-refractivity contribution < 1.29 is 9.18 Å². The van der Waals surface area contributed by atoms with Crippen molar-refractivity contribution in [2.45, 2.75) is 11.6 Å². The van der Waals surface area contributed by atoms with Gasteiger partial charge >= 0.3 is 0 Å². The van der Waals surface area contributed by atoms with Gasteiger partial charge in [0.1, 0.15) is 16.7 Å². The first-order chi connectivity index (χ1) is 13.1. The molecule has 0 saturated carbocycles. The lowest BCUT2D eigenvalue weighted by Crippen LogP contribution is -2.14. The first kappa shape index (κ1) is 19.3. The number of nitrogens with one attached hydrogen (secondary N) is 2. The molecule has 2 N–H and O–H groups in total. The number of carbonyl (C=O) groups is 1. The van der Waals surface area contributed by atoms with Gasteiger partial charge in [-0.25, -0.2) is 4.39 Å². The molecule has 0 aliphatic rings. The molecule has 0 spiro atoms. The average molecular weight is 447 g/mol. The van der Waals surface area contributed by atoms with Gasteiger partial charge in [0.25, 0.3) is 0 Å². The topological polar surface area (TPSA) is 66.9 Å². The predicted octanol–water partition coefficient (Wildman–Crippen LogP) is 4.72. The van der Waals surface area contributed by atoms with E-state index in [-0.39, 0.29) is 17.5 Å². The SMILES string of the molecule is O=C(CSc1ccc(NCc2ccc(F)cc2)nn1)Nc1ccc(Br)cc1.